The van der Waals surface area contributed by atoms with E-state index in [0.29, 0.717) is 17.5 Å². The van der Waals surface area contributed by atoms with Crippen molar-refractivity contribution < 1.29 is 9.59 Å². The smallest absolute Gasteiger partial charge is 0.321 e. The largest absolute Gasteiger partial charge is 0.338 e. The zero-order chi connectivity index (χ0) is 16.5. The van der Waals surface area contributed by atoms with Crippen molar-refractivity contribution >= 4 is 23.5 Å². The molecule has 1 aromatic carbocycles. The Labute approximate surface area is 136 Å². The summed E-state index contributed by atoms with van der Waals surface area (Å²) in [7, 11) is 0. The van der Waals surface area contributed by atoms with Crippen LogP contribution in [0.15, 0.2) is 24.3 Å². The number of amides is 3. The molecule has 0 spiro atoms. The van der Waals surface area contributed by atoms with Gasteiger partial charge in [0.15, 0.2) is 0 Å². The first-order chi connectivity index (χ1) is 10.4. The number of urea groups is 1. The molecule has 0 aliphatic carbocycles. The summed E-state index contributed by atoms with van der Waals surface area (Å²) in [6.07, 6.45) is 0.881. The Morgan fingerprint density at radius 2 is 1.95 bits per heavy atom. The van der Waals surface area contributed by atoms with Crippen LogP contribution in [0.1, 0.15) is 38.8 Å². The van der Waals surface area contributed by atoms with Gasteiger partial charge in [-0.2, -0.15) is 0 Å². The van der Waals surface area contributed by atoms with E-state index < -0.39 is 6.03 Å². The molecule has 5 nitrogen and oxygen atoms in total. The van der Waals surface area contributed by atoms with Gasteiger partial charge >= 0.3 is 6.03 Å². The number of carbonyl (C=O) groups is 2. The van der Waals surface area contributed by atoms with Crippen LogP contribution >= 0.6 is 11.6 Å². The van der Waals surface area contributed by atoms with E-state index in [0.717, 1.165) is 12.0 Å². The topological polar surface area (TPSA) is 70.2 Å². The number of hydrogen-bond acceptors (Lipinski definition) is 3. The van der Waals surface area contributed by atoms with Crippen LogP contribution in [0.5, 0.6) is 0 Å². The quantitative estimate of drug-likeness (QED) is 0.722. The van der Waals surface area contributed by atoms with Gasteiger partial charge in [-0.25, -0.2) is 4.79 Å². The Kier molecular flexibility index (Phi) is 7.91. The summed E-state index contributed by atoms with van der Waals surface area (Å²) in [5.74, 6) is 0.145. The second kappa shape index (κ2) is 9.43. The Bertz CT molecular complexity index is 506. The van der Waals surface area contributed by atoms with Crippen molar-refractivity contribution in [2.24, 2.45) is 5.92 Å². The highest BCUT2D eigenvalue weighted by atomic mass is 35.5. The summed E-state index contributed by atoms with van der Waals surface area (Å²) in [5, 5.41) is 8.66. The molecular formula is C16H24ClN3O2. The molecule has 1 atom stereocenters. The molecule has 0 fully saturated rings. The molecule has 6 heteroatoms. The lowest BCUT2D eigenvalue weighted by molar-refractivity contribution is -0.119. The van der Waals surface area contributed by atoms with Gasteiger partial charge in [0, 0.05) is 17.6 Å². The second-order valence-electron chi connectivity index (χ2n) is 5.64. The number of rotatable bonds is 7. The summed E-state index contributed by atoms with van der Waals surface area (Å²) in [6.45, 7) is 6.70. The standard InChI is InChI=1S/C16H24ClN3O2/c1-11(2)7-8-18-16(22)20-15(21)10-19-12(3)13-5-4-6-14(17)9-13/h4-6,9,11-12,19H,7-8,10H2,1-3H3,(H2,18,20,21,22)/t12-/m0/s1. The molecule has 0 unspecified atom stereocenters. The Morgan fingerprint density at radius 3 is 2.59 bits per heavy atom. The van der Waals surface area contributed by atoms with Gasteiger partial charge in [-0.15, -0.1) is 0 Å². The van der Waals surface area contributed by atoms with Crippen LogP contribution in [-0.2, 0) is 4.79 Å². The van der Waals surface area contributed by atoms with Gasteiger partial charge in [-0.05, 0) is 37.0 Å². The second-order valence-corrected chi connectivity index (χ2v) is 6.08. The average molecular weight is 326 g/mol. The highest BCUT2D eigenvalue weighted by Gasteiger charge is 2.10. The third-order valence-electron chi connectivity index (χ3n) is 3.18. The molecule has 3 N–H and O–H groups in total. The maximum atomic E-state index is 11.7. The van der Waals surface area contributed by atoms with E-state index in [1.54, 1.807) is 6.07 Å². The first-order valence-electron chi connectivity index (χ1n) is 7.45. The third kappa shape index (κ3) is 7.43. The van der Waals surface area contributed by atoms with E-state index >= 15 is 0 Å². The predicted molar refractivity (Wildman–Crippen MR) is 88.9 cm³/mol. The maximum Gasteiger partial charge on any atom is 0.321 e. The van der Waals surface area contributed by atoms with Crippen LogP contribution in [0.2, 0.25) is 5.02 Å². The van der Waals surface area contributed by atoms with Crippen molar-refractivity contribution in [3.63, 3.8) is 0 Å². The van der Waals surface area contributed by atoms with Crippen LogP contribution in [0, 0.1) is 5.92 Å². The van der Waals surface area contributed by atoms with Gasteiger partial charge < -0.3 is 10.6 Å². The van der Waals surface area contributed by atoms with E-state index in [1.807, 2.05) is 25.1 Å². The lowest BCUT2D eigenvalue weighted by Crippen LogP contribution is -2.44. The monoisotopic (exact) mass is 325 g/mol. The molecule has 0 bridgehead atoms. The first-order valence-corrected chi connectivity index (χ1v) is 7.82. The molecule has 0 heterocycles. The minimum atomic E-state index is -0.456. The molecule has 0 aliphatic rings. The molecule has 1 aromatic rings. The van der Waals surface area contributed by atoms with E-state index in [2.05, 4.69) is 29.8 Å². The summed E-state index contributed by atoms with van der Waals surface area (Å²) >= 11 is 5.93. The summed E-state index contributed by atoms with van der Waals surface area (Å²) in [6, 6.07) is 6.94. The number of carbonyl (C=O) groups excluding carboxylic acids is 2. The highest BCUT2D eigenvalue weighted by molar-refractivity contribution is 6.30. The fourth-order valence-corrected chi connectivity index (χ4v) is 2.03. The van der Waals surface area contributed by atoms with E-state index in [1.165, 1.54) is 0 Å². The summed E-state index contributed by atoms with van der Waals surface area (Å²) < 4.78 is 0. The molecule has 122 valence electrons. The number of hydrogen-bond donors (Lipinski definition) is 3. The number of benzene rings is 1. The fraction of sp³-hybridized carbons (Fsp3) is 0.500. The third-order valence-corrected chi connectivity index (χ3v) is 3.41. The fourth-order valence-electron chi connectivity index (χ4n) is 1.83. The van der Waals surface area contributed by atoms with Crippen molar-refractivity contribution in [1.29, 1.82) is 0 Å². The normalized spacial score (nSPS) is 12.0. The molecule has 0 saturated carbocycles. The van der Waals surface area contributed by atoms with Crippen LogP contribution in [0.25, 0.3) is 0 Å². The maximum absolute atomic E-state index is 11.7. The Hall–Kier alpha value is -1.59. The van der Waals surface area contributed by atoms with Gasteiger partial charge in [0.25, 0.3) is 0 Å². The molecule has 0 saturated heterocycles. The predicted octanol–water partition coefficient (Wildman–Crippen LogP) is 2.86. The molecule has 22 heavy (non-hydrogen) atoms. The number of nitrogens with one attached hydrogen (secondary N) is 3. The summed E-state index contributed by atoms with van der Waals surface area (Å²) in [4.78, 5) is 23.2. The highest BCUT2D eigenvalue weighted by Crippen LogP contribution is 2.16. The molecule has 1 rings (SSSR count). The van der Waals surface area contributed by atoms with Gasteiger partial charge in [0.05, 0.1) is 6.54 Å². The average Bonchev–Trinajstić information content (AvgIpc) is 2.44. The van der Waals surface area contributed by atoms with E-state index in [-0.39, 0.29) is 18.5 Å². The van der Waals surface area contributed by atoms with Crippen molar-refractivity contribution in [3.05, 3.63) is 34.9 Å². The zero-order valence-corrected chi connectivity index (χ0v) is 14.0. The minimum absolute atomic E-state index is 0.0338. The van der Waals surface area contributed by atoms with Crippen molar-refractivity contribution in [1.82, 2.24) is 16.0 Å². The Morgan fingerprint density at radius 1 is 1.23 bits per heavy atom. The SMILES string of the molecule is CC(C)CCNC(=O)NC(=O)CN[C@@H](C)c1cccc(Cl)c1. The van der Waals surface area contributed by atoms with Gasteiger partial charge in [0.2, 0.25) is 5.91 Å². The van der Waals surface area contributed by atoms with Crippen LogP contribution in [0.3, 0.4) is 0 Å². The van der Waals surface area contributed by atoms with Crippen LogP contribution in [-0.4, -0.2) is 25.0 Å². The molecule has 0 aromatic heterocycles. The van der Waals surface area contributed by atoms with E-state index in [4.69, 9.17) is 11.6 Å². The van der Waals surface area contributed by atoms with Gasteiger partial charge in [-0.1, -0.05) is 37.6 Å². The van der Waals surface area contributed by atoms with Crippen molar-refractivity contribution in [2.75, 3.05) is 13.1 Å². The lowest BCUT2D eigenvalue weighted by atomic mass is 10.1. The molecular weight excluding hydrogens is 302 g/mol. The summed E-state index contributed by atoms with van der Waals surface area (Å²) in [5.41, 5.74) is 0.988. The molecule has 0 radical (unpaired) electrons. The molecule has 0 aliphatic heterocycles. The Balaban J connectivity index is 2.29. The lowest BCUT2D eigenvalue weighted by Gasteiger charge is -2.14. The number of imide groups is 1. The van der Waals surface area contributed by atoms with Crippen molar-refractivity contribution in [2.45, 2.75) is 33.2 Å². The zero-order valence-electron chi connectivity index (χ0n) is 13.3. The molecule has 3 amide bonds. The van der Waals surface area contributed by atoms with Crippen LogP contribution in [0.4, 0.5) is 4.79 Å². The van der Waals surface area contributed by atoms with E-state index in [9.17, 15) is 9.59 Å². The van der Waals surface area contributed by atoms with Gasteiger partial charge in [-0.3, -0.25) is 10.1 Å². The number of halogens is 1. The van der Waals surface area contributed by atoms with Gasteiger partial charge in [0.1, 0.15) is 0 Å². The van der Waals surface area contributed by atoms with Crippen LogP contribution < -0.4 is 16.0 Å². The minimum Gasteiger partial charge on any atom is -0.338 e. The van der Waals surface area contributed by atoms with Crippen molar-refractivity contribution in [3.8, 4) is 0 Å². The first kappa shape index (κ1) is 18.5.